The summed E-state index contributed by atoms with van der Waals surface area (Å²) in [6, 6.07) is 9.46. The fourth-order valence-electron chi connectivity index (χ4n) is 1.99. The molecule has 98 valence electrons. The minimum Gasteiger partial charge on any atom is -0.461 e. The highest BCUT2D eigenvalue weighted by molar-refractivity contribution is 5.70. The van der Waals surface area contributed by atoms with Crippen LogP contribution in [-0.4, -0.2) is 23.5 Å². The summed E-state index contributed by atoms with van der Waals surface area (Å²) in [6.45, 7) is 0.734. The number of carbonyl (C=O) groups is 1. The highest BCUT2D eigenvalue weighted by Gasteiger charge is 2.33. The summed E-state index contributed by atoms with van der Waals surface area (Å²) in [5.41, 5.74) is 0.933. The van der Waals surface area contributed by atoms with Crippen LogP contribution in [0.25, 0.3) is 0 Å². The van der Waals surface area contributed by atoms with Crippen molar-refractivity contribution in [3.8, 4) is 0 Å². The van der Waals surface area contributed by atoms with Gasteiger partial charge in [0.1, 0.15) is 6.61 Å². The largest absolute Gasteiger partial charge is 0.461 e. The summed E-state index contributed by atoms with van der Waals surface area (Å²) in [5, 5.41) is 10.0. The van der Waals surface area contributed by atoms with Crippen LogP contribution < -0.4 is 0 Å². The van der Waals surface area contributed by atoms with Crippen molar-refractivity contribution in [3.63, 3.8) is 0 Å². The van der Waals surface area contributed by atoms with Crippen LogP contribution in [0.2, 0.25) is 0 Å². The zero-order valence-electron chi connectivity index (χ0n) is 10.3. The van der Waals surface area contributed by atoms with E-state index in [1.54, 1.807) is 0 Å². The van der Waals surface area contributed by atoms with E-state index < -0.39 is 11.8 Å². The number of benzene rings is 1. The summed E-state index contributed by atoms with van der Waals surface area (Å²) in [4.78, 5) is 11.6. The lowest BCUT2D eigenvalue weighted by Crippen LogP contribution is -2.38. The van der Waals surface area contributed by atoms with E-state index in [0.717, 1.165) is 18.4 Å². The number of aliphatic hydroxyl groups is 1. The van der Waals surface area contributed by atoms with Crippen LogP contribution in [-0.2, 0) is 20.9 Å². The average molecular weight is 250 g/mol. The summed E-state index contributed by atoms with van der Waals surface area (Å²) < 4.78 is 10.4. The van der Waals surface area contributed by atoms with Gasteiger partial charge in [-0.15, -0.1) is 0 Å². The predicted molar refractivity (Wildman–Crippen MR) is 65.6 cm³/mol. The number of esters is 1. The van der Waals surface area contributed by atoms with E-state index >= 15 is 0 Å². The molecule has 4 nitrogen and oxygen atoms in total. The Morgan fingerprint density at radius 2 is 2.11 bits per heavy atom. The molecular weight excluding hydrogens is 232 g/mol. The van der Waals surface area contributed by atoms with Crippen LogP contribution in [0.5, 0.6) is 0 Å². The minimum atomic E-state index is -1.33. The molecule has 0 spiro atoms. The maximum atomic E-state index is 11.6. The maximum Gasteiger partial charge on any atom is 0.311 e. The van der Waals surface area contributed by atoms with E-state index in [1.807, 2.05) is 30.3 Å². The smallest absolute Gasteiger partial charge is 0.311 e. The Bertz CT molecular complexity index is 382. The highest BCUT2D eigenvalue weighted by atomic mass is 16.6. The molecule has 2 rings (SSSR count). The van der Waals surface area contributed by atoms with Gasteiger partial charge in [0.15, 0.2) is 5.79 Å². The Balaban J connectivity index is 1.78. The maximum absolute atomic E-state index is 11.6. The molecule has 1 aliphatic heterocycles. The predicted octanol–water partition coefficient (Wildman–Crippen LogP) is 2.01. The fraction of sp³-hybridized carbons (Fsp3) is 0.500. The Morgan fingerprint density at radius 3 is 2.78 bits per heavy atom. The van der Waals surface area contributed by atoms with Crippen LogP contribution in [0.15, 0.2) is 30.3 Å². The first kappa shape index (κ1) is 13.1. The molecule has 0 saturated carbocycles. The van der Waals surface area contributed by atoms with Crippen molar-refractivity contribution in [1.82, 2.24) is 0 Å². The molecule has 1 atom stereocenters. The van der Waals surface area contributed by atoms with E-state index in [2.05, 4.69) is 0 Å². The topological polar surface area (TPSA) is 55.8 Å². The van der Waals surface area contributed by atoms with E-state index in [-0.39, 0.29) is 13.0 Å². The molecule has 1 aromatic carbocycles. The quantitative estimate of drug-likeness (QED) is 0.830. The van der Waals surface area contributed by atoms with E-state index in [4.69, 9.17) is 9.47 Å². The summed E-state index contributed by atoms with van der Waals surface area (Å²) >= 11 is 0. The van der Waals surface area contributed by atoms with E-state index in [1.165, 1.54) is 0 Å². The third kappa shape index (κ3) is 3.82. The number of hydrogen-bond acceptors (Lipinski definition) is 4. The van der Waals surface area contributed by atoms with Crippen molar-refractivity contribution in [2.24, 2.45) is 0 Å². The molecule has 0 amide bonds. The van der Waals surface area contributed by atoms with E-state index in [9.17, 15) is 9.90 Å². The van der Waals surface area contributed by atoms with Gasteiger partial charge in [-0.3, -0.25) is 4.79 Å². The molecule has 1 aliphatic rings. The Hall–Kier alpha value is -1.39. The molecule has 1 aromatic rings. The lowest BCUT2D eigenvalue weighted by Gasteiger charge is -2.31. The zero-order valence-corrected chi connectivity index (χ0v) is 10.3. The van der Waals surface area contributed by atoms with E-state index in [0.29, 0.717) is 13.0 Å². The van der Waals surface area contributed by atoms with Crippen molar-refractivity contribution in [1.29, 1.82) is 0 Å². The third-order valence-corrected chi connectivity index (χ3v) is 3.00. The van der Waals surface area contributed by atoms with Crippen molar-refractivity contribution in [2.45, 2.75) is 38.1 Å². The second-order valence-electron chi connectivity index (χ2n) is 4.57. The second-order valence-corrected chi connectivity index (χ2v) is 4.57. The number of ether oxygens (including phenoxy) is 2. The van der Waals surface area contributed by atoms with Crippen LogP contribution in [0.4, 0.5) is 0 Å². The van der Waals surface area contributed by atoms with Gasteiger partial charge in [-0.25, -0.2) is 0 Å². The van der Waals surface area contributed by atoms with Crippen molar-refractivity contribution in [2.75, 3.05) is 6.61 Å². The van der Waals surface area contributed by atoms with Gasteiger partial charge < -0.3 is 14.6 Å². The molecule has 0 radical (unpaired) electrons. The van der Waals surface area contributed by atoms with Gasteiger partial charge in [-0.1, -0.05) is 30.3 Å². The van der Waals surface area contributed by atoms with Crippen LogP contribution in [0, 0.1) is 0 Å². The van der Waals surface area contributed by atoms with Crippen molar-refractivity contribution >= 4 is 5.97 Å². The summed E-state index contributed by atoms with van der Waals surface area (Å²) in [7, 11) is 0. The Labute approximate surface area is 107 Å². The number of hydrogen-bond donors (Lipinski definition) is 1. The second kappa shape index (κ2) is 5.98. The van der Waals surface area contributed by atoms with Crippen molar-refractivity contribution < 1.29 is 19.4 Å². The molecule has 0 aliphatic carbocycles. The molecule has 1 unspecified atom stereocenters. The molecule has 1 heterocycles. The lowest BCUT2D eigenvalue weighted by atomic mass is 10.0. The molecular formula is C14H18O4. The first-order valence-corrected chi connectivity index (χ1v) is 6.24. The van der Waals surface area contributed by atoms with Gasteiger partial charge >= 0.3 is 5.97 Å². The number of rotatable bonds is 4. The summed E-state index contributed by atoms with van der Waals surface area (Å²) in [6.07, 6.45) is 2.21. The van der Waals surface area contributed by atoms with Crippen LogP contribution in [0.3, 0.4) is 0 Å². The minimum absolute atomic E-state index is 0.0974. The van der Waals surface area contributed by atoms with Gasteiger partial charge in [0.05, 0.1) is 13.0 Å². The molecule has 18 heavy (non-hydrogen) atoms. The van der Waals surface area contributed by atoms with Gasteiger partial charge in [-0.2, -0.15) is 0 Å². The van der Waals surface area contributed by atoms with Crippen LogP contribution >= 0.6 is 0 Å². The van der Waals surface area contributed by atoms with Gasteiger partial charge in [0.2, 0.25) is 0 Å². The molecule has 1 N–H and O–H groups in total. The van der Waals surface area contributed by atoms with Crippen molar-refractivity contribution in [3.05, 3.63) is 35.9 Å². The molecule has 4 heteroatoms. The number of carbonyl (C=O) groups excluding carboxylic acids is 1. The molecule has 1 fully saturated rings. The van der Waals surface area contributed by atoms with Gasteiger partial charge in [0, 0.05) is 6.42 Å². The highest BCUT2D eigenvalue weighted by Crippen LogP contribution is 2.25. The fourth-order valence-corrected chi connectivity index (χ4v) is 1.99. The lowest BCUT2D eigenvalue weighted by molar-refractivity contribution is -0.231. The SMILES string of the molecule is O=C(CC1(O)CCCCO1)OCc1ccccc1. The molecule has 1 saturated heterocycles. The first-order chi connectivity index (χ1) is 8.68. The molecule has 0 aromatic heterocycles. The zero-order chi connectivity index (χ0) is 12.8. The van der Waals surface area contributed by atoms with Gasteiger partial charge in [-0.05, 0) is 18.4 Å². The van der Waals surface area contributed by atoms with Gasteiger partial charge in [0.25, 0.3) is 0 Å². The first-order valence-electron chi connectivity index (χ1n) is 6.24. The Kier molecular flexibility index (Phi) is 4.33. The third-order valence-electron chi connectivity index (χ3n) is 3.00. The monoisotopic (exact) mass is 250 g/mol. The average Bonchev–Trinajstić information content (AvgIpc) is 2.38. The molecule has 0 bridgehead atoms. The Morgan fingerprint density at radius 1 is 1.33 bits per heavy atom. The normalized spacial score (nSPS) is 23.6. The standard InChI is InChI=1S/C14H18O4/c15-13(10-14(16)8-4-5-9-18-14)17-11-12-6-2-1-3-7-12/h1-3,6-7,16H,4-5,8-11H2. The van der Waals surface area contributed by atoms with Crippen LogP contribution in [0.1, 0.15) is 31.2 Å². The summed E-state index contributed by atoms with van der Waals surface area (Å²) in [5.74, 6) is -1.75.